The van der Waals surface area contributed by atoms with E-state index in [1.165, 1.54) is 45.2 Å². The van der Waals surface area contributed by atoms with E-state index in [0.29, 0.717) is 5.75 Å². The van der Waals surface area contributed by atoms with Gasteiger partial charge < -0.3 is 24.1 Å². The second kappa shape index (κ2) is 9.99. The van der Waals surface area contributed by atoms with Gasteiger partial charge in [0.05, 0.1) is 32.0 Å². The lowest BCUT2D eigenvalue weighted by molar-refractivity contribution is -0.161. The summed E-state index contributed by atoms with van der Waals surface area (Å²) >= 11 is 0. The molecule has 2 N–H and O–H groups in total. The van der Waals surface area contributed by atoms with Gasteiger partial charge in [-0.25, -0.2) is 8.42 Å². The van der Waals surface area contributed by atoms with Crippen LogP contribution in [0.15, 0.2) is 29.2 Å². The summed E-state index contributed by atoms with van der Waals surface area (Å²) in [5.41, 5.74) is 0. The van der Waals surface area contributed by atoms with E-state index >= 15 is 0 Å². The molecular weight excluding hydrogens is 470 g/mol. The van der Waals surface area contributed by atoms with Crippen molar-refractivity contribution in [2.24, 2.45) is 0 Å². The van der Waals surface area contributed by atoms with Crippen molar-refractivity contribution in [1.29, 1.82) is 0 Å². The van der Waals surface area contributed by atoms with Crippen molar-refractivity contribution in [3.05, 3.63) is 24.3 Å². The van der Waals surface area contributed by atoms with E-state index in [1.807, 2.05) is 0 Å². The SMILES string of the molecule is COC(=O)[C@H](NS(=O)(=O)c1ccc(OC)cc1)[C@@H]1OC(C)(C)O[C@H]1[C@@H](O)COS(C)(=O)=O. The first-order chi connectivity index (χ1) is 14.7. The van der Waals surface area contributed by atoms with Crippen LogP contribution in [0.3, 0.4) is 0 Å². The molecule has 0 unspecified atom stereocenters. The van der Waals surface area contributed by atoms with Gasteiger partial charge in [-0.15, -0.1) is 0 Å². The molecule has 0 saturated carbocycles. The predicted molar refractivity (Wildman–Crippen MR) is 110 cm³/mol. The largest absolute Gasteiger partial charge is 0.497 e. The van der Waals surface area contributed by atoms with Crippen LogP contribution in [0, 0.1) is 0 Å². The summed E-state index contributed by atoms with van der Waals surface area (Å²) in [6.07, 6.45) is -3.47. The molecule has 1 saturated heterocycles. The zero-order valence-corrected chi connectivity index (χ0v) is 19.8. The standard InChI is InChI=1S/C18H27NO11S2/c1-18(2)29-15(13(20)10-28-31(5,22)23)16(30-18)14(17(21)27-4)19-32(24,25)12-8-6-11(26-3)7-9-12/h6-9,13-16,19-20H,10H2,1-5H3/t13-,14+,15-,16-/m0/s1. The first kappa shape index (κ1) is 26.4. The number of benzene rings is 1. The van der Waals surface area contributed by atoms with Crippen LogP contribution in [0.4, 0.5) is 0 Å². The molecule has 0 radical (unpaired) electrons. The number of hydrogen-bond donors (Lipinski definition) is 2. The summed E-state index contributed by atoms with van der Waals surface area (Å²) in [4.78, 5) is 12.3. The summed E-state index contributed by atoms with van der Waals surface area (Å²) in [5, 5.41) is 10.5. The number of aliphatic hydroxyl groups excluding tert-OH is 1. The van der Waals surface area contributed by atoms with Gasteiger partial charge in [-0.3, -0.25) is 8.98 Å². The molecule has 2 rings (SSSR count). The molecule has 0 bridgehead atoms. The zero-order valence-electron chi connectivity index (χ0n) is 18.2. The van der Waals surface area contributed by atoms with Gasteiger partial charge in [0.25, 0.3) is 10.1 Å². The summed E-state index contributed by atoms with van der Waals surface area (Å²) < 4.78 is 76.1. The maximum absolute atomic E-state index is 12.9. The van der Waals surface area contributed by atoms with E-state index in [1.54, 1.807) is 0 Å². The molecular formula is C18H27NO11S2. The summed E-state index contributed by atoms with van der Waals surface area (Å²) in [7, 11) is -5.65. The van der Waals surface area contributed by atoms with Gasteiger partial charge in [-0.2, -0.15) is 13.1 Å². The molecule has 32 heavy (non-hydrogen) atoms. The van der Waals surface area contributed by atoms with Crippen molar-refractivity contribution in [3.63, 3.8) is 0 Å². The highest BCUT2D eigenvalue weighted by molar-refractivity contribution is 7.89. The third-order valence-electron chi connectivity index (χ3n) is 4.43. The molecule has 14 heteroatoms. The lowest BCUT2D eigenvalue weighted by Gasteiger charge is -2.27. The van der Waals surface area contributed by atoms with E-state index in [2.05, 4.69) is 8.91 Å². The normalized spacial score (nSPS) is 22.8. The van der Waals surface area contributed by atoms with Gasteiger partial charge >= 0.3 is 5.97 Å². The molecule has 0 aliphatic carbocycles. The van der Waals surface area contributed by atoms with Crippen LogP contribution in [-0.4, -0.2) is 85.1 Å². The number of rotatable bonds is 10. The number of carbonyl (C=O) groups is 1. The molecule has 1 aromatic carbocycles. The Morgan fingerprint density at radius 2 is 1.69 bits per heavy atom. The van der Waals surface area contributed by atoms with Crippen LogP contribution >= 0.6 is 0 Å². The molecule has 0 amide bonds. The van der Waals surface area contributed by atoms with E-state index in [0.717, 1.165) is 13.4 Å². The number of hydrogen-bond acceptors (Lipinski definition) is 11. The Hall–Kier alpha value is -1.81. The fourth-order valence-electron chi connectivity index (χ4n) is 3.03. The summed E-state index contributed by atoms with van der Waals surface area (Å²) in [6, 6.07) is 3.77. The second-order valence-electron chi connectivity index (χ2n) is 7.42. The van der Waals surface area contributed by atoms with Gasteiger partial charge in [-0.1, -0.05) is 0 Å². The molecule has 1 aromatic rings. The highest BCUT2D eigenvalue weighted by atomic mass is 32.2. The zero-order chi connectivity index (χ0) is 24.3. The molecule has 1 aliphatic heterocycles. The van der Waals surface area contributed by atoms with Crippen LogP contribution in [0.1, 0.15) is 13.8 Å². The minimum absolute atomic E-state index is 0.164. The van der Waals surface area contributed by atoms with Gasteiger partial charge in [0.1, 0.15) is 30.1 Å². The minimum Gasteiger partial charge on any atom is -0.497 e. The Bertz CT molecular complexity index is 1010. The fraction of sp³-hybridized carbons (Fsp3) is 0.611. The fourth-order valence-corrected chi connectivity index (χ4v) is 4.61. The molecule has 0 spiro atoms. The van der Waals surface area contributed by atoms with Crippen molar-refractivity contribution in [3.8, 4) is 5.75 Å². The first-order valence-electron chi connectivity index (χ1n) is 9.31. The first-order valence-corrected chi connectivity index (χ1v) is 12.6. The number of carbonyl (C=O) groups excluding carboxylic acids is 1. The lowest BCUT2D eigenvalue weighted by Crippen LogP contribution is -2.55. The minimum atomic E-state index is -4.25. The topological polar surface area (TPSA) is 164 Å². The van der Waals surface area contributed by atoms with Crippen LogP contribution in [0.5, 0.6) is 5.75 Å². The monoisotopic (exact) mass is 497 g/mol. The van der Waals surface area contributed by atoms with Crippen molar-refractivity contribution in [2.45, 2.75) is 48.9 Å². The molecule has 0 aromatic heterocycles. The summed E-state index contributed by atoms with van der Waals surface area (Å²) in [5.74, 6) is -1.91. The molecule has 4 atom stereocenters. The van der Waals surface area contributed by atoms with Crippen LogP contribution in [0.25, 0.3) is 0 Å². The van der Waals surface area contributed by atoms with Crippen molar-refractivity contribution in [2.75, 3.05) is 27.1 Å². The molecule has 1 heterocycles. The van der Waals surface area contributed by atoms with Crippen molar-refractivity contribution >= 4 is 26.1 Å². The molecule has 1 fully saturated rings. The Balaban J connectivity index is 2.35. The number of esters is 1. The van der Waals surface area contributed by atoms with E-state index in [9.17, 15) is 26.7 Å². The highest BCUT2D eigenvalue weighted by Crippen LogP contribution is 2.33. The van der Waals surface area contributed by atoms with Crippen LogP contribution in [0.2, 0.25) is 0 Å². The Labute approximate surface area is 186 Å². The quantitative estimate of drug-likeness (QED) is 0.312. The van der Waals surface area contributed by atoms with Crippen molar-refractivity contribution in [1.82, 2.24) is 4.72 Å². The average molecular weight is 498 g/mol. The van der Waals surface area contributed by atoms with E-state index < -0.39 is 62.9 Å². The van der Waals surface area contributed by atoms with E-state index in [-0.39, 0.29) is 4.90 Å². The Morgan fingerprint density at radius 3 is 2.19 bits per heavy atom. The summed E-state index contributed by atoms with van der Waals surface area (Å²) in [6.45, 7) is 2.27. The van der Waals surface area contributed by atoms with Gasteiger partial charge in [0.2, 0.25) is 10.0 Å². The number of methoxy groups -OCH3 is 2. The van der Waals surface area contributed by atoms with Crippen LogP contribution < -0.4 is 9.46 Å². The number of ether oxygens (including phenoxy) is 4. The maximum atomic E-state index is 12.9. The predicted octanol–water partition coefficient (Wildman–Crippen LogP) is -0.628. The molecule has 182 valence electrons. The number of nitrogens with one attached hydrogen (secondary N) is 1. The van der Waals surface area contributed by atoms with E-state index in [4.69, 9.17) is 18.9 Å². The number of aliphatic hydroxyl groups is 1. The van der Waals surface area contributed by atoms with Gasteiger partial charge in [0, 0.05) is 0 Å². The molecule has 1 aliphatic rings. The third-order valence-corrected chi connectivity index (χ3v) is 6.45. The van der Waals surface area contributed by atoms with Crippen LogP contribution in [-0.2, 0) is 43.3 Å². The third kappa shape index (κ3) is 6.84. The van der Waals surface area contributed by atoms with Gasteiger partial charge in [0.15, 0.2) is 5.79 Å². The lowest BCUT2D eigenvalue weighted by atomic mass is 10.0. The smallest absolute Gasteiger partial charge is 0.326 e. The average Bonchev–Trinajstić information content (AvgIpc) is 3.04. The van der Waals surface area contributed by atoms with Gasteiger partial charge in [-0.05, 0) is 38.1 Å². The highest BCUT2D eigenvalue weighted by Gasteiger charge is 2.52. The maximum Gasteiger partial charge on any atom is 0.326 e. The Morgan fingerprint density at radius 1 is 1.12 bits per heavy atom. The second-order valence-corrected chi connectivity index (χ2v) is 10.8. The van der Waals surface area contributed by atoms with Crippen molar-refractivity contribution < 1.29 is 49.9 Å². The molecule has 12 nitrogen and oxygen atoms in total. The number of sulfonamides is 1. The Kier molecular flexibility index (Phi) is 8.25.